The maximum Gasteiger partial charge on any atom is 0.332 e. The smallest absolute Gasteiger partial charge is 0.298 e. The summed E-state index contributed by atoms with van der Waals surface area (Å²) in [4.78, 5) is 31.0. The summed E-state index contributed by atoms with van der Waals surface area (Å²) in [6, 6.07) is 6.43. The van der Waals surface area contributed by atoms with Crippen LogP contribution in [0.1, 0.15) is 42.3 Å². The molecule has 0 N–H and O–H groups in total. The average molecular weight is 439 g/mol. The first kappa shape index (κ1) is 21.7. The third-order valence-electron chi connectivity index (χ3n) is 6.08. The lowest BCUT2D eigenvalue weighted by molar-refractivity contribution is 0.563. The van der Waals surface area contributed by atoms with E-state index in [1.54, 1.807) is 34.5 Å². The Morgan fingerprint density at radius 1 is 1.06 bits per heavy atom. The molecule has 0 aliphatic heterocycles. The summed E-state index contributed by atoms with van der Waals surface area (Å²) < 4.78 is 20.5. The second-order valence-electron chi connectivity index (χ2n) is 8.12. The van der Waals surface area contributed by atoms with E-state index < -0.39 is 11.2 Å². The molecule has 4 aromatic rings. The summed E-state index contributed by atoms with van der Waals surface area (Å²) >= 11 is 0. The Hall–Kier alpha value is -3.49. The van der Waals surface area contributed by atoms with Crippen LogP contribution in [0.3, 0.4) is 0 Å². The van der Waals surface area contributed by atoms with E-state index >= 15 is 0 Å². The van der Waals surface area contributed by atoms with E-state index in [1.807, 2.05) is 27.7 Å². The van der Waals surface area contributed by atoms with Gasteiger partial charge < -0.3 is 0 Å². The highest BCUT2D eigenvalue weighted by molar-refractivity contribution is 5.73. The van der Waals surface area contributed by atoms with Gasteiger partial charge in [0.2, 0.25) is 5.95 Å². The summed E-state index contributed by atoms with van der Waals surface area (Å²) in [5.41, 5.74) is 2.79. The minimum atomic E-state index is -0.426. The van der Waals surface area contributed by atoms with Crippen LogP contribution < -0.4 is 11.2 Å². The van der Waals surface area contributed by atoms with Gasteiger partial charge in [0.25, 0.3) is 5.56 Å². The molecule has 0 aliphatic rings. The van der Waals surface area contributed by atoms with Crippen LogP contribution in [0, 0.1) is 26.6 Å². The van der Waals surface area contributed by atoms with Gasteiger partial charge in [-0.3, -0.25) is 18.5 Å². The fourth-order valence-corrected chi connectivity index (χ4v) is 3.90. The first-order valence-electron chi connectivity index (χ1n) is 10.7. The van der Waals surface area contributed by atoms with Crippen molar-refractivity contribution in [2.24, 2.45) is 7.05 Å². The van der Waals surface area contributed by atoms with Crippen LogP contribution >= 0.6 is 0 Å². The lowest BCUT2D eigenvalue weighted by Gasteiger charge is -2.12. The van der Waals surface area contributed by atoms with Gasteiger partial charge in [-0.25, -0.2) is 13.9 Å². The Kier molecular flexibility index (Phi) is 5.58. The van der Waals surface area contributed by atoms with Crippen molar-refractivity contribution < 1.29 is 4.39 Å². The Labute approximate surface area is 184 Å². The zero-order valence-electron chi connectivity index (χ0n) is 19.0. The van der Waals surface area contributed by atoms with Crippen LogP contribution in [-0.4, -0.2) is 28.5 Å². The summed E-state index contributed by atoms with van der Waals surface area (Å²) in [6.45, 7) is 8.18. The molecule has 0 spiro atoms. The monoisotopic (exact) mass is 438 g/mol. The van der Waals surface area contributed by atoms with Crippen LogP contribution in [0.4, 0.5) is 4.39 Å². The van der Waals surface area contributed by atoms with Gasteiger partial charge in [0.15, 0.2) is 11.2 Å². The molecule has 168 valence electrons. The topological polar surface area (TPSA) is 79.6 Å². The van der Waals surface area contributed by atoms with Gasteiger partial charge >= 0.3 is 5.69 Å². The number of nitrogens with zero attached hydrogens (tertiary/aromatic N) is 6. The molecule has 0 saturated heterocycles. The molecule has 0 bridgehead atoms. The maximum atomic E-state index is 14.6. The molecule has 0 fully saturated rings. The van der Waals surface area contributed by atoms with Crippen LogP contribution in [0.5, 0.6) is 0 Å². The largest absolute Gasteiger partial charge is 0.332 e. The molecule has 0 amide bonds. The number of imidazole rings is 1. The molecule has 0 radical (unpaired) electrons. The van der Waals surface area contributed by atoms with E-state index in [0.29, 0.717) is 24.5 Å². The number of aromatic nitrogens is 6. The molecule has 0 saturated carbocycles. The highest BCUT2D eigenvalue weighted by Gasteiger charge is 2.24. The Balaban J connectivity index is 2.09. The van der Waals surface area contributed by atoms with Gasteiger partial charge in [-0.15, -0.1) is 0 Å². The highest BCUT2D eigenvalue weighted by Crippen LogP contribution is 2.22. The van der Waals surface area contributed by atoms with Gasteiger partial charge in [-0.2, -0.15) is 10.1 Å². The molecule has 0 unspecified atom stereocenters. The summed E-state index contributed by atoms with van der Waals surface area (Å²) in [7, 11) is 1.60. The number of rotatable bonds is 6. The van der Waals surface area contributed by atoms with E-state index in [-0.39, 0.29) is 23.5 Å². The number of hydrogen-bond donors (Lipinski definition) is 0. The normalized spacial score (nSPS) is 11.6. The van der Waals surface area contributed by atoms with E-state index in [0.717, 1.165) is 23.4 Å². The second kappa shape index (κ2) is 8.22. The molecule has 8 nitrogen and oxygen atoms in total. The van der Waals surface area contributed by atoms with Crippen molar-refractivity contribution in [2.45, 2.75) is 53.6 Å². The zero-order valence-corrected chi connectivity index (χ0v) is 19.0. The third-order valence-corrected chi connectivity index (χ3v) is 6.08. The predicted molar refractivity (Wildman–Crippen MR) is 121 cm³/mol. The number of hydrogen-bond acceptors (Lipinski definition) is 4. The lowest BCUT2D eigenvalue weighted by atomic mass is 10.2. The van der Waals surface area contributed by atoms with Crippen molar-refractivity contribution in [3.8, 4) is 5.95 Å². The first-order valence-corrected chi connectivity index (χ1v) is 10.7. The molecule has 0 aliphatic carbocycles. The van der Waals surface area contributed by atoms with Gasteiger partial charge in [0, 0.05) is 24.8 Å². The van der Waals surface area contributed by atoms with E-state index in [2.05, 4.69) is 10.1 Å². The molecule has 9 heteroatoms. The number of benzene rings is 1. The molecule has 0 atom stereocenters. The minimum absolute atomic E-state index is 0.0805. The third kappa shape index (κ3) is 3.37. The van der Waals surface area contributed by atoms with Gasteiger partial charge in [0.05, 0.1) is 12.2 Å². The van der Waals surface area contributed by atoms with Crippen LogP contribution in [0.25, 0.3) is 17.1 Å². The fourth-order valence-electron chi connectivity index (χ4n) is 3.90. The lowest BCUT2D eigenvalue weighted by Crippen LogP contribution is -2.39. The van der Waals surface area contributed by atoms with Crippen molar-refractivity contribution in [3.63, 3.8) is 0 Å². The fraction of sp³-hybridized carbons (Fsp3) is 0.391. The summed E-state index contributed by atoms with van der Waals surface area (Å²) in [6.07, 6.45) is 1.55. The Bertz CT molecular complexity index is 1440. The summed E-state index contributed by atoms with van der Waals surface area (Å²) in [5.74, 6) is -0.00160. The molecule has 3 heterocycles. The molecular formula is C23H27FN6O2. The maximum absolute atomic E-state index is 14.6. The van der Waals surface area contributed by atoms with Crippen molar-refractivity contribution in [2.75, 3.05) is 0 Å². The minimum Gasteiger partial charge on any atom is -0.298 e. The molecule has 4 rings (SSSR count). The van der Waals surface area contributed by atoms with E-state index in [1.165, 1.54) is 15.2 Å². The van der Waals surface area contributed by atoms with E-state index in [4.69, 9.17) is 0 Å². The number of unbranched alkanes of at least 4 members (excludes halogenated alkanes) is 1. The predicted octanol–water partition coefficient (Wildman–Crippen LogP) is 3.00. The Morgan fingerprint density at radius 3 is 2.41 bits per heavy atom. The van der Waals surface area contributed by atoms with Gasteiger partial charge in [0.1, 0.15) is 5.82 Å². The van der Waals surface area contributed by atoms with E-state index in [9.17, 15) is 14.0 Å². The summed E-state index contributed by atoms with van der Waals surface area (Å²) in [5, 5.41) is 4.60. The number of halogens is 1. The van der Waals surface area contributed by atoms with Crippen molar-refractivity contribution in [1.82, 2.24) is 28.5 Å². The highest BCUT2D eigenvalue weighted by atomic mass is 19.1. The van der Waals surface area contributed by atoms with Gasteiger partial charge in [-0.1, -0.05) is 31.5 Å². The first-order chi connectivity index (χ1) is 15.3. The Morgan fingerprint density at radius 2 is 1.78 bits per heavy atom. The van der Waals surface area contributed by atoms with Crippen LogP contribution in [-0.2, 0) is 20.1 Å². The van der Waals surface area contributed by atoms with Crippen LogP contribution in [0.2, 0.25) is 0 Å². The van der Waals surface area contributed by atoms with Gasteiger partial charge in [-0.05, 0) is 38.8 Å². The second-order valence-corrected chi connectivity index (χ2v) is 8.12. The molecule has 3 aromatic heterocycles. The van der Waals surface area contributed by atoms with Crippen molar-refractivity contribution in [3.05, 3.63) is 73.4 Å². The standard InChI is InChI=1S/C23H27FN6O2/c1-6-7-12-28-21(31)19-20(27(5)23(28)32)25-22(30-16(4)14(2)15(3)26-30)29(19)13-17-10-8-9-11-18(17)24/h8-11H,6-7,12-13H2,1-5H3. The number of aryl methyl sites for hydroxylation is 2. The quantitative estimate of drug-likeness (QED) is 0.464. The molecule has 1 aromatic carbocycles. The average Bonchev–Trinajstić information content (AvgIpc) is 3.26. The zero-order chi connectivity index (χ0) is 23.2. The van der Waals surface area contributed by atoms with Crippen molar-refractivity contribution in [1.29, 1.82) is 0 Å². The number of fused-ring (bicyclic) bond motifs is 1. The molecule has 32 heavy (non-hydrogen) atoms. The SMILES string of the molecule is CCCCn1c(=O)c2c(nc(-n3nc(C)c(C)c3C)n2Cc2ccccc2F)n(C)c1=O. The van der Waals surface area contributed by atoms with Crippen LogP contribution in [0.15, 0.2) is 33.9 Å². The van der Waals surface area contributed by atoms with Crippen molar-refractivity contribution >= 4 is 11.2 Å². The molecular weight excluding hydrogens is 411 g/mol.